The number of aryl methyl sites for hydroxylation is 1. The summed E-state index contributed by atoms with van der Waals surface area (Å²) in [5.41, 5.74) is 0.472. The maximum atomic E-state index is 12.9. The van der Waals surface area contributed by atoms with Crippen LogP contribution in [0.1, 0.15) is 50.6 Å². The van der Waals surface area contributed by atoms with Gasteiger partial charge >= 0.3 is 4.87 Å². The summed E-state index contributed by atoms with van der Waals surface area (Å²) in [6.45, 7) is 2.26. The maximum Gasteiger partial charge on any atom is 0.305 e. The Bertz CT molecular complexity index is 656. The summed E-state index contributed by atoms with van der Waals surface area (Å²) in [6.07, 6.45) is 7.87. The lowest BCUT2D eigenvalue weighted by atomic mass is 9.83. The van der Waals surface area contributed by atoms with E-state index in [9.17, 15) is 13.2 Å². The van der Waals surface area contributed by atoms with Crippen LogP contribution in [0.25, 0.3) is 0 Å². The second kappa shape index (κ2) is 5.85. The molecule has 0 aromatic carbocycles. The van der Waals surface area contributed by atoms with Gasteiger partial charge in [-0.3, -0.25) is 4.79 Å². The van der Waals surface area contributed by atoms with Gasteiger partial charge in [-0.1, -0.05) is 30.6 Å². The topological polar surface area (TPSA) is 70.2 Å². The van der Waals surface area contributed by atoms with Crippen LogP contribution in [-0.2, 0) is 10.0 Å². The van der Waals surface area contributed by atoms with E-state index in [1.54, 1.807) is 11.2 Å². The van der Waals surface area contributed by atoms with Crippen molar-refractivity contribution in [3.05, 3.63) is 15.4 Å². The lowest BCUT2D eigenvalue weighted by molar-refractivity contribution is 0.226. The summed E-state index contributed by atoms with van der Waals surface area (Å²) in [4.78, 5) is 13.7. The number of sulfonamides is 1. The van der Waals surface area contributed by atoms with Crippen molar-refractivity contribution in [1.82, 2.24) is 9.29 Å². The summed E-state index contributed by atoms with van der Waals surface area (Å²) in [7, 11) is -3.53. The molecule has 2 fully saturated rings. The fourth-order valence-electron chi connectivity index (χ4n) is 3.80. The van der Waals surface area contributed by atoms with Gasteiger partial charge in [0.15, 0.2) is 4.21 Å². The minimum absolute atomic E-state index is 0.131. The highest BCUT2D eigenvalue weighted by atomic mass is 32.2. The third kappa shape index (κ3) is 2.83. The molecule has 3 rings (SSSR count). The number of thiazole rings is 1. The normalized spacial score (nSPS) is 25.5. The summed E-state index contributed by atoms with van der Waals surface area (Å²) < 4.78 is 27.7. The van der Waals surface area contributed by atoms with E-state index in [0.29, 0.717) is 18.2 Å². The number of aromatic amines is 1. The molecule has 1 saturated carbocycles. The quantitative estimate of drug-likeness (QED) is 0.925. The molecule has 2 aliphatic rings. The van der Waals surface area contributed by atoms with Crippen molar-refractivity contribution in [2.24, 2.45) is 5.92 Å². The lowest BCUT2D eigenvalue weighted by Gasteiger charge is -2.33. The van der Waals surface area contributed by atoms with Crippen LogP contribution >= 0.6 is 11.3 Å². The van der Waals surface area contributed by atoms with Crippen LogP contribution in [0.5, 0.6) is 0 Å². The van der Waals surface area contributed by atoms with Gasteiger partial charge in [0.25, 0.3) is 10.0 Å². The zero-order valence-electron chi connectivity index (χ0n) is 12.3. The molecule has 1 aliphatic heterocycles. The van der Waals surface area contributed by atoms with E-state index < -0.39 is 10.0 Å². The zero-order valence-corrected chi connectivity index (χ0v) is 13.9. The first kappa shape index (κ1) is 15.2. The molecule has 1 saturated heterocycles. The second-order valence-electron chi connectivity index (χ2n) is 6.15. The number of nitrogens with one attached hydrogen (secondary N) is 1. The van der Waals surface area contributed by atoms with Crippen LogP contribution < -0.4 is 4.87 Å². The van der Waals surface area contributed by atoms with Crippen molar-refractivity contribution in [3.63, 3.8) is 0 Å². The van der Waals surface area contributed by atoms with Crippen LogP contribution in [0.2, 0.25) is 0 Å². The largest absolute Gasteiger partial charge is 0.315 e. The number of rotatable bonds is 3. The third-order valence-electron chi connectivity index (χ3n) is 4.77. The number of H-pyrrole nitrogens is 1. The summed E-state index contributed by atoms with van der Waals surface area (Å²) in [5, 5.41) is 0. The third-order valence-corrected chi connectivity index (χ3v) is 8.27. The number of hydrogen-bond donors (Lipinski definition) is 1. The van der Waals surface area contributed by atoms with Gasteiger partial charge in [0.05, 0.1) is 0 Å². The smallest absolute Gasteiger partial charge is 0.305 e. The molecule has 2 heterocycles. The average Bonchev–Trinajstić information content (AvgIpc) is 3.07. The summed E-state index contributed by atoms with van der Waals surface area (Å²) in [5.74, 6) is 0.493. The molecule has 0 bridgehead atoms. The Balaban J connectivity index is 1.90. The average molecular weight is 330 g/mol. The molecule has 1 aromatic rings. The molecule has 0 radical (unpaired) electrons. The molecule has 21 heavy (non-hydrogen) atoms. The lowest BCUT2D eigenvalue weighted by Crippen LogP contribution is -2.40. The van der Waals surface area contributed by atoms with Crippen molar-refractivity contribution in [2.75, 3.05) is 6.54 Å². The number of hydrogen-bond acceptors (Lipinski definition) is 4. The SMILES string of the molecule is Cc1[nH]c(=O)sc1S(=O)(=O)N1CCCC1C1CCCCC1. The van der Waals surface area contributed by atoms with Gasteiger partial charge in [0.1, 0.15) is 0 Å². The van der Waals surface area contributed by atoms with Gasteiger partial charge in [-0.05, 0) is 38.5 Å². The van der Waals surface area contributed by atoms with E-state index in [0.717, 1.165) is 37.0 Å². The van der Waals surface area contributed by atoms with E-state index in [4.69, 9.17) is 0 Å². The minimum atomic E-state index is -3.53. The van der Waals surface area contributed by atoms with Gasteiger partial charge < -0.3 is 4.98 Å². The predicted octanol–water partition coefficient (Wildman–Crippen LogP) is 2.48. The molecule has 0 spiro atoms. The molecule has 1 unspecified atom stereocenters. The van der Waals surface area contributed by atoms with Crippen molar-refractivity contribution >= 4 is 21.4 Å². The first-order valence-electron chi connectivity index (χ1n) is 7.71. The van der Waals surface area contributed by atoms with Crippen molar-refractivity contribution in [1.29, 1.82) is 0 Å². The van der Waals surface area contributed by atoms with E-state index in [-0.39, 0.29) is 15.1 Å². The Hall–Kier alpha value is -0.660. The van der Waals surface area contributed by atoms with E-state index >= 15 is 0 Å². The van der Waals surface area contributed by atoms with Crippen LogP contribution in [0.4, 0.5) is 0 Å². The molecule has 5 nitrogen and oxygen atoms in total. The van der Waals surface area contributed by atoms with E-state index in [2.05, 4.69) is 4.98 Å². The fourth-order valence-corrected chi connectivity index (χ4v) is 6.96. The molecular weight excluding hydrogens is 308 g/mol. The van der Waals surface area contributed by atoms with Crippen molar-refractivity contribution in [3.8, 4) is 0 Å². The summed E-state index contributed by atoms with van der Waals surface area (Å²) in [6, 6.07) is 0.131. The first-order valence-corrected chi connectivity index (χ1v) is 9.97. The second-order valence-corrected chi connectivity index (χ2v) is 9.22. The van der Waals surface area contributed by atoms with Gasteiger partial charge in [0, 0.05) is 18.3 Å². The molecule has 0 amide bonds. The van der Waals surface area contributed by atoms with Crippen LogP contribution in [0.3, 0.4) is 0 Å². The Kier molecular flexibility index (Phi) is 4.25. The van der Waals surface area contributed by atoms with Crippen LogP contribution in [0.15, 0.2) is 9.00 Å². The highest BCUT2D eigenvalue weighted by Gasteiger charge is 2.41. The van der Waals surface area contributed by atoms with Crippen molar-refractivity contribution < 1.29 is 8.42 Å². The zero-order chi connectivity index (χ0) is 15.0. The Morgan fingerprint density at radius 1 is 1.14 bits per heavy atom. The van der Waals surface area contributed by atoms with E-state index in [1.807, 2.05) is 0 Å². The van der Waals surface area contributed by atoms with Crippen LogP contribution in [-0.4, -0.2) is 30.3 Å². The highest BCUT2D eigenvalue weighted by molar-refractivity contribution is 7.91. The summed E-state index contributed by atoms with van der Waals surface area (Å²) >= 11 is 0.816. The van der Waals surface area contributed by atoms with Crippen LogP contribution in [0, 0.1) is 12.8 Å². The molecule has 1 N–H and O–H groups in total. The molecule has 118 valence electrons. The molecular formula is C14H22N2O3S2. The first-order chi connectivity index (χ1) is 10.00. The number of nitrogens with zero attached hydrogens (tertiary/aromatic N) is 1. The Morgan fingerprint density at radius 3 is 2.48 bits per heavy atom. The fraction of sp³-hybridized carbons (Fsp3) is 0.786. The van der Waals surface area contributed by atoms with E-state index in [1.165, 1.54) is 19.3 Å². The Morgan fingerprint density at radius 2 is 1.86 bits per heavy atom. The predicted molar refractivity (Wildman–Crippen MR) is 83.2 cm³/mol. The highest BCUT2D eigenvalue weighted by Crippen LogP contribution is 2.37. The van der Waals surface area contributed by atoms with Gasteiger partial charge in [-0.25, -0.2) is 8.42 Å². The molecule has 1 aromatic heterocycles. The monoisotopic (exact) mass is 330 g/mol. The van der Waals surface area contributed by atoms with Gasteiger partial charge in [0.2, 0.25) is 0 Å². The Labute approximate surface area is 129 Å². The van der Waals surface area contributed by atoms with Crippen molar-refractivity contribution in [2.45, 2.75) is 62.1 Å². The van der Waals surface area contributed by atoms with Gasteiger partial charge in [-0.2, -0.15) is 4.31 Å². The maximum absolute atomic E-state index is 12.9. The minimum Gasteiger partial charge on any atom is -0.315 e. The molecule has 1 aliphatic carbocycles. The number of aromatic nitrogens is 1. The van der Waals surface area contributed by atoms with Gasteiger partial charge in [-0.15, -0.1) is 0 Å². The molecule has 1 atom stereocenters. The standard InChI is InChI=1S/C14H22N2O3S2/c1-10-13(20-14(17)15-10)21(18,19)16-9-5-8-12(16)11-6-3-2-4-7-11/h11-12H,2-9H2,1H3,(H,15,17). The molecule has 7 heteroatoms.